The number of nitrogens with one attached hydrogen (secondary N) is 1. The van der Waals surface area contributed by atoms with E-state index in [1.54, 1.807) is 26.0 Å². The number of halogens is 1. The molecule has 0 fully saturated rings. The van der Waals surface area contributed by atoms with Gasteiger partial charge < -0.3 is 5.32 Å². The van der Waals surface area contributed by atoms with Gasteiger partial charge in [-0.05, 0) is 62.7 Å². The maximum absolute atomic E-state index is 12.4. The molecule has 0 saturated carbocycles. The van der Waals surface area contributed by atoms with E-state index < -0.39 is 10.0 Å². The topological polar surface area (TPSA) is 66.5 Å². The van der Waals surface area contributed by atoms with E-state index in [9.17, 15) is 13.2 Å². The fraction of sp³-hybridized carbons (Fsp3) is 0.278. The summed E-state index contributed by atoms with van der Waals surface area (Å²) in [7, 11) is -2.04. The number of sulfonamides is 1. The van der Waals surface area contributed by atoms with E-state index in [0.717, 1.165) is 5.56 Å². The van der Waals surface area contributed by atoms with Crippen LogP contribution in [-0.2, 0) is 10.0 Å². The van der Waals surface area contributed by atoms with Gasteiger partial charge >= 0.3 is 0 Å². The number of aryl methyl sites for hydroxylation is 1. The van der Waals surface area contributed by atoms with Crippen molar-refractivity contribution < 1.29 is 13.2 Å². The smallest absolute Gasteiger partial charge is 0.255 e. The highest BCUT2D eigenvalue weighted by molar-refractivity contribution is 7.89. The first kappa shape index (κ1) is 19.4. The van der Waals surface area contributed by atoms with Crippen molar-refractivity contribution in [3.05, 3.63) is 58.6 Å². The van der Waals surface area contributed by atoms with E-state index in [4.69, 9.17) is 11.6 Å². The van der Waals surface area contributed by atoms with Crippen molar-refractivity contribution in [2.24, 2.45) is 0 Å². The molecule has 0 atom stereocenters. The summed E-state index contributed by atoms with van der Waals surface area (Å²) in [5.74, 6) is -0.327. The molecule has 1 amide bonds. The molecule has 2 aromatic carbocycles. The van der Waals surface area contributed by atoms with E-state index >= 15 is 0 Å². The van der Waals surface area contributed by atoms with E-state index in [2.05, 4.69) is 5.32 Å². The Morgan fingerprint density at radius 2 is 1.72 bits per heavy atom. The lowest BCUT2D eigenvalue weighted by Crippen LogP contribution is -2.33. The first-order valence-corrected chi connectivity index (χ1v) is 9.60. The maximum atomic E-state index is 12.4. The fourth-order valence-corrected chi connectivity index (χ4v) is 3.69. The Bertz CT molecular complexity index is 878. The molecule has 0 heterocycles. The Morgan fingerprint density at radius 3 is 2.28 bits per heavy atom. The molecule has 0 bridgehead atoms. The molecular formula is C18H21ClN2O3S. The highest BCUT2D eigenvalue weighted by Gasteiger charge is 2.23. The number of carbonyl (C=O) groups is 1. The Hall–Kier alpha value is -1.89. The van der Waals surface area contributed by atoms with Crippen LogP contribution in [0.3, 0.4) is 0 Å². The van der Waals surface area contributed by atoms with Crippen molar-refractivity contribution in [1.82, 2.24) is 4.31 Å². The third-order valence-corrected chi connectivity index (χ3v) is 6.25. The predicted molar refractivity (Wildman–Crippen MR) is 101 cm³/mol. The van der Waals surface area contributed by atoms with Gasteiger partial charge in [0.05, 0.1) is 4.90 Å². The van der Waals surface area contributed by atoms with Crippen LogP contribution in [0.1, 0.15) is 29.8 Å². The molecule has 0 aliphatic rings. The number of amides is 1. The number of hydrogen-bond acceptors (Lipinski definition) is 3. The van der Waals surface area contributed by atoms with E-state index in [-0.39, 0.29) is 16.8 Å². The standard InChI is InChI=1S/C18H21ClN2O3S/c1-12(2)21(4)25(23,24)16-9-6-14(7-10-16)18(22)20-17-11-15(19)8-5-13(17)3/h5-12H,1-4H3,(H,20,22). The molecule has 0 unspecified atom stereocenters. The number of anilines is 1. The minimum atomic E-state index is -3.57. The Balaban J connectivity index is 2.22. The zero-order valence-electron chi connectivity index (χ0n) is 14.6. The second-order valence-electron chi connectivity index (χ2n) is 6.05. The highest BCUT2D eigenvalue weighted by atomic mass is 35.5. The third kappa shape index (κ3) is 4.39. The lowest BCUT2D eigenvalue weighted by Gasteiger charge is -2.21. The molecule has 0 saturated heterocycles. The maximum Gasteiger partial charge on any atom is 0.255 e. The largest absolute Gasteiger partial charge is 0.322 e. The molecule has 0 aliphatic carbocycles. The van der Waals surface area contributed by atoms with Gasteiger partial charge in [0.15, 0.2) is 0 Å². The van der Waals surface area contributed by atoms with Crippen LogP contribution in [0.2, 0.25) is 5.02 Å². The van der Waals surface area contributed by atoms with Crippen LogP contribution in [0.4, 0.5) is 5.69 Å². The number of rotatable bonds is 5. The summed E-state index contributed by atoms with van der Waals surface area (Å²) in [4.78, 5) is 12.5. The monoisotopic (exact) mass is 380 g/mol. The van der Waals surface area contributed by atoms with Crippen LogP contribution < -0.4 is 5.32 Å². The fourth-order valence-electron chi connectivity index (χ4n) is 2.15. The lowest BCUT2D eigenvalue weighted by molar-refractivity contribution is 0.102. The molecule has 0 aliphatic heterocycles. The number of carbonyl (C=O) groups excluding carboxylic acids is 1. The Morgan fingerprint density at radius 1 is 1.12 bits per heavy atom. The van der Waals surface area contributed by atoms with Crippen LogP contribution in [-0.4, -0.2) is 31.7 Å². The zero-order valence-corrected chi connectivity index (χ0v) is 16.1. The van der Waals surface area contributed by atoms with E-state index in [0.29, 0.717) is 16.3 Å². The molecule has 7 heteroatoms. The van der Waals surface area contributed by atoms with Gasteiger partial charge in [-0.2, -0.15) is 4.31 Å². The van der Waals surface area contributed by atoms with Crippen LogP contribution in [0, 0.1) is 6.92 Å². The summed E-state index contributed by atoms with van der Waals surface area (Å²) < 4.78 is 26.2. The van der Waals surface area contributed by atoms with Gasteiger partial charge in [0.25, 0.3) is 5.91 Å². The highest BCUT2D eigenvalue weighted by Crippen LogP contribution is 2.22. The molecule has 134 valence electrons. The van der Waals surface area contributed by atoms with Crippen molar-refractivity contribution in [3.63, 3.8) is 0 Å². The van der Waals surface area contributed by atoms with Crippen LogP contribution in [0.15, 0.2) is 47.4 Å². The van der Waals surface area contributed by atoms with Gasteiger partial charge in [0.1, 0.15) is 0 Å². The molecule has 0 radical (unpaired) electrons. The number of nitrogens with zero attached hydrogens (tertiary/aromatic N) is 1. The average Bonchev–Trinajstić information content (AvgIpc) is 2.57. The van der Waals surface area contributed by atoms with Crippen LogP contribution >= 0.6 is 11.6 Å². The number of hydrogen-bond donors (Lipinski definition) is 1. The SMILES string of the molecule is Cc1ccc(Cl)cc1NC(=O)c1ccc(S(=O)(=O)N(C)C(C)C)cc1. The van der Waals surface area contributed by atoms with Crippen molar-refractivity contribution in [1.29, 1.82) is 0 Å². The summed E-state index contributed by atoms with van der Waals surface area (Å²) in [5.41, 5.74) is 1.87. The lowest BCUT2D eigenvalue weighted by atomic mass is 10.1. The molecular weight excluding hydrogens is 360 g/mol. The molecule has 2 rings (SSSR count). The molecule has 0 aromatic heterocycles. The van der Waals surface area contributed by atoms with Crippen molar-refractivity contribution in [3.8, 4) is 0 Å². The quantitative estimate of drug-likeness (QED) is 0.854. The van der Waals surface area contributed by atoms with Gasteiger partial charge in [-0.3, -0.25) is 4.79 Å². The second-order valence-corrected chi connectivity index (χ2v) is 8.49. The summed E-state index contributed by atoms with van der Waals surface area (Å²) >= 11 is 5.95. The molecule has 1 N–H and O–H groups in total. The van der Waals surface area contributed by atoms with Gasteiger partial charge in [-0.25, -0.2) is 8.42 Å². The zero-order chi connectivity index (χ0) is 18.8. The summed E-state index contributed by atoms with van der Waals surface area (Å²) in [5, 5.41) is 3.31. The third-order valence-electron chi connectivity index (χ3n) is 3.97. The number of benzene rings is 2. The van der Waals surface area contributed by atoms with Crippen LogP contribution in [0.5, 0.6) is 0 Å². The van der Waals surface area contributed by atoms with Crippen molar-refractivity contribution in [2.45, 2.75) is 31.7 Å². The van der Waals surface area contributed by atoms with Gasteiger partial charge in [0, 0.05) is 29.4 Å². The summed E-state index contributed by atoms with van der Waals surface area (Å²) in [6.07, 6.45) is 0. The van der Waals surface area contributed by atoms with Gasteiger partial charge in [-0.1, -0.05) is 17.7 Å². The normalized spacial score (nSPS) is 11.8. The summed E-state index contributed by atoms with van der Waals surface area (Å²) in [6.45, 7) is 5.46. The molecule has 0 spiro atoms. The van der Waals surface area contributed by atoms with E-state index in [1.165, 1.54) is 35.6 Å². The predicted octanol–water partition coefficient (Wildman–Crippen LogP) is 3.93. The molecule has 2 aromatic rings. The molecule has 5 nitrogen and oxygen atoms in total. The first-order chi connectivity index (χ1) is 11.6. The summed E-state index contributed by atoms with van der Waals surface area (Å²) in [6, 6.07) is 10.9. The van der Waals surface area contributed by atoms with Gasteiger partial charge in [0.2, 0.25) is 10.0 Å². The van der Waals surface area contributed by atoms with Gasteiger partial charge in [-0.15, -0.1) is 0 Å². The molecule has 25 heavy (non-hydrogen) atoms. The van der Waals surface area contributed by atoms with Crippen molar-refractivity contribution >= 4 is 33.2 Å². The first-order valence-electron chi connectivity index (χ1n) is 7.78. The van der Waals surface area contributed by atoms with Crippen LogP contribution in [0.25, 0.3) is 0 Å². The minimum Gasteiger partial charge on any atom is -0.322 e. The Labute approximate surface area is 153 Å². The minimum absolute atomic E-state index is 0.152. The second kappa shape index (κ2) is 7.56. The van der Waals surface area contributed by atoms with Crippen molar-refractivity contribution in [2.75, 3.05) is 12.4 Å². The average molecular weight is 381 g/mol. The Kier molecular flexibility index (Phi) is 5.87. The van der Waals surface area contributed by atoms with E-state index in [1.807, 2.05) is 13.0 Å².